The topological polar surface area (TPSA) is 30.5 Å². The summed E-state index contributed by atoms with van der Waals surface area (Å²) in [6.45, 7) is 2.94. The first kappa shape index (κ1) is 13.3. The number of alkyl halides is 1. The molecule has 0 fully saturated rings. The molecular formula is C12H18BrNO2. The van der Waals surface area contributed by atoms with Crippen LogP contribution in [-0.4, -0.2) is 26.2 Å². The highest BCUT2D eigenvalue weighted by Gasteiger charge is 2.10. The summed E-state index contributed by atoms with van der Waals surface area (Å²) in [7, 11) is 3.37. The van der Waals surface area contributed by atoms with Crippen LogP contribution >= 0.6 is 15.9 Å². The molecule has 0 radical (unpaired) electrons. The first-order valence-electron chi connectivity index (χ1n) is 5.21. The number of benzene rings is 1. The van der Waals surface area contributed by atoms with Gasteiger partial charge in [-0.05, 0) is 25.0 Å². The molecule has 0 unspecified atom stereocenters. The lowest BCUT2D eigenvalue weighted by Gasteiger charge is -2.14. The predicted octanol–water partition coefficient (Wildman–Crippen LogP) is 2.50. The van der Waals surface area contributed by atoms with Crippen molar-refractivity contribution in [1.82, 2.24) is 5.32 Å². The van der Waals surface area contributed by atoms with Gasteiger partial charge in [0.1, 0.15) is 11.5 Å². The first-order valence-corrected chi connectivity index (χ1v) is 6.33. The van der Waals surface area contributed by atoms with Crippen LogP contribution in [0.2, 0.25) is 0 Å². The van der Waals surface area contributed by atoms with Gasteiger partial charge < -0.3 is 14.8 Å². The minimum absolute atomic E-state index is 0.810. The van der Waals surface area contributed by atoms with Gasteiger partial charge in [-0.1, -0.05) is 22.0 Å². The number of methoxy groups -OCH3 is 2. The molecule has 0 aliphatic carbocycles. The third-order valence-corrected chi connectivity index (χ3v) is 2.92. The van der Waals surface area contributed by atoms with E-state index in [2.05, 4.69) is 27.3 Å². The van der Waals surface area contributed by atoms with Gasteiger partial charge in [-0.3, -0.25) is 0 Å². The molecule has 0 aliphatic rings. The molecule has 3 nitrogen and oxygen atoms in total. The van der Waals surface area contributed by atoms with Crippen molar-refractivity contribution in [2.75, 3.05) is 26.2 Å². The van der Waals surface area contributed by atoms with Gasteiger partial charge >= 0.3 is 0 Å². The van der Waals surface area contributed by atoms with Gasteiger partial charge in [0.15, 0.2) is 0 Å². The second-order valence-electron chi connectivity index (χ2n) is 3.47. The van der Waals surface area contributed by atoms with Crippen molar-refractivity contribution in [3.8, 4) is 11.5 Å². The lowest BCUT2D eigenvalue weighted by Crippen LogP contribution is -2.15. The Morgan fingerprint density at radius 3 is 2.56 bits per heavy atom. The van der Waals surface area contributed by atoms with Crippen LogP contribution in [0, 0.1) is 6.92 Å². The van der Waals surface area contributed by atoms with E-state index in [0.29, 0.717) is 0 Å². The van der Waals surface area contributed by atoms with Gasteiger partial charge in [0.2, 0.25) is 0 Å². The molecule has 0 spiro atoms. The van der Waals surface area contributed by atoms with E-state index >= 15 is 0 Å². The molecule has 0 atom stereocenters. The largest absolute Gasteiger partial charge is 0.496 e. The van der Waals surface area contributed by atoms with E-state index in [-0.39, 0.29) is 0 Å². The summed E-state index contributed by atoms with van der Waals surface area (Å²) >= 11 is 3.33. The zero-order valence-corrected chi connectivity index (χ0v) is 11.6. The van der Waals surface area contributed by atoms with Crippen molar-refractivity contribution in [2.45, 2.75) is 13.3 Å². The number of ether oxygens (including phenoxy) is 2. The van der Waals surface area contributed by atoms with Crippen LogP contribution < -0.4 is 14.8 Å². The summed E-state index contributed by atoms with van der Waals surface area (Å²) in [5.41, 5.74) is 3.07. The van der Waals surface area contributed by atoms with Gasteiger partial charge in [-0.15, -0.1) is 0 Å². The Labute approximate surface area is 105 Å². The summed E-state index contributed by atoms with van der Waals surface area (Å²) in [5.74, 6) is 1.80. The van der Waals surface area contributed by atoms with Crippen LogP contribution in [0.4, 0.5) is 0 Å². The van der Waals surface area contributed by atoms with E-state index < -0.39 is 0 Å². The Balaban J connectivity index is 2.88. The Hall–Kier alpha value is -0.740. The molecule has 1 aromatic carbocycles. The third-order valence-electron chi connectivity index (χ3n) is 2.53. The monoisotopic (exact) mass is 287 g/mol. The fourth-order valence-corrected chi connectivity index (χ4v) is 2.00. The second-order valence-corrected chi connectivity index (χ2v) is 4.03. The fourth-order valence-electron chi connectivity index (χ4n) is 1.72. The van der Waals surface area contributed by atoms with Gasteiger partial charge in [0.25, 0.3) is 0 Å². The summed E-state index contributed by atoms with van der Waals surface area (Å²) in [6.07, 6.45) is 0.944. The third kappa shape index (κ3) is 3.12. The van der Waals surface area contributed by atoms with E-state index in [1.807, 2.05) is 13.0 Å². The van der Waals surface area contributed by atoms with Crippen LogP contribution in [0.3, 0.4) is 0 Å². The maximum absolute atomic E-state index is 5.43. The Morgan fingerprint density at radius 2 is 2.00 bits per heavy atom. The maximum Gasteiger partial charge on any atom is 0.128 e. The molecule has 1 rings (SSSR count). The second kappa shape index (κ2) is 6.76. The Kier molecular flexibility index (Phi) is 5.63. The number of rotatable bonds is 6. The van der Waals surface area contributed by atoms with Gasteiger partial charge in [0.05, 0.1) is 19.7 Å². The van der Waals surface area contributed by atoms with Crippen LogP contribution in [0.15, 0.2) is 12.1 Å². The molecule has 1 aromatic rings. The van der Waals surface area contributed by atoms with E-state index in [9.17, 15) is 0 Å². The van der Waals surface area contributed by atoms with Crippen molar-refractivity contribution in [3.63, 3.8) is 0 Å². The summed E-state index contributed by atoms with van der Waals surface area (Å²) in [4.78, 5) is 0. The lowest BCUT2D eigenvalue weighted by molar-refractivity contribution is 0.385. The minimum Gasteiger partial charge on any atom is -0.496 e. The van der Waals surface area contributed by atoms with Crippen LogP contribution in [0.25, 0.3) is 0 Å². The number of hydrogen-bond donors (Lipinski definition) is 1. The zero-order valence-electron chi connectivity index (χ0n) is 9.97. The van der Waals surface area contributed by atoms with E-state index in [4.69, 9.17) is 9.47 Å². The molecule has 0 aliphatic heterocycles. The van der Waals surface area contributed by atoms with Gasteiger partial charge in [-0.2, -0.15) is 0 Å². The summed E-state index contributed by atoms with van der Waals surface area (Å²) in [5, 5.41) is 3.23. The highest BCUT2D eigenvalue weighted by molar-refractivity contribution is 9.09. The molecule has 0 heterocycles. The average Bonchev–Trinajstić information content (AvgIpc) is 2.30. The maximum atomic E-state index is 5.43. The SMILES string of the molecule is COc1ccc(CCNCBr)c(OC)c1C. The molecule has 0 bridgehead atoms. The molecular weight excluding hydrogens is 270 g/mol. The van der Waals surface area contributed by atoms with Crippen molar-refractivity contribution in [1.29, 1.82) is 0 Å². The Bertz CT molecular complexity index is 342. The Morgan fingerprint density at radius 1 is 1.25 bits per heavy atom. The van der Waals surface area contributed by atoms with E-state index in [1.54, 1.807) is 14.2 Å². The van der Waals surface area contributed by atoms with Crippen molar-refractivity contribution in [3.05, 3.63) is 23.3 Å². The first-order chi connectivity index (χ1) is 7.74. The zero-order chi connectivity index (χ0) is 12.0. The molecule has 0 amide bonds. The van der Waals surface area contributed by atoms with Crippen LogP contribution in [0.5, 0.6) is 11.5 Å². The molecule has 1 N–H and O–H groups in total. The van der Waals surface area contributed by atoms with Crippen LogP contribution in [-0.2, 0) is 6.42 Å². The summed E-state index contributed by atoms with van der Waals surface area (Å²) < 4.78 is 10.7. The lowest BCUT2D eigenvalue weighted by atomic mass is 10.1. The highest BCUT2D eigenvalue weighted by Crippen LogP contribution is 2.31. The number of nitrogens with one attached hydrogen (secondary N) is 1. The van der Waals surface area contributed by atoms with Crippen molar-refractivity contribution < 1.29 is 9.47 Å². The standard InChI is InChI=1S/C12H18BrNO2/c1-9-11(15-2)5-4-10(12(9)16-3)6-7-14-8-13/h4-5,14H,6-8H2,1-3H3. The van der Waals surface area contributed by atoms with Gasteiger partial charge in [-0.25, -0.2) is 0 Å². The molecule has 0 saturated heterocycles. The molecule has 16 heavy (non-hydrogen) atoms. The smallest absolute Gasteiger partial charge is 0.128 e. The number of hydrogen-bond acceptors (Lipinski definition) is 3. The van der Waals surface area contributed by atoms with Crippen molar-refractivity contribution in [2.24, 2.45) is 0 Å². The fraction of sp³-hybridized carbons (Fsp3) is 0.500. The molecule has 90 valence electrons. The molecule has 0 saturated carbocycles. The number of halogens is 1. The quantitative estimate of drug-likeness (QED) is 0.495. The van der Waals surface area contributed by atoms with E-state index in [1.165, 1.54) is 5.56 Å². The summed E-state index contributed by atoms with van der Waals surface area (Å²) in [6, 6.07) is 4.04. The minimum atomic E-state index is 0.810. The van der Waals surface area contributed by atoms with E-state index in [0.717, 1.165) is 35.5 Å². The van der Waals surface area contributed by atoms with Gasteiger partial charge in [0, 0.05) is 12.1 Å². The van der Waals surface area contributed by atoms with Crippen molar-refractivity contribution >= 4 is 15.9 Å². The average molecular weight is 288 g/mol. The molecule has 4 heteroatoms. The predicted molar refractivity (Wildman–Crippen MR) is 69.8 cm³/mol. The van der Waals surface area contributed by atoms with Crippen LogP contribution in [0.1, 0.15) is 11.1 Å². The normalized spacial score (nSPS) is 10.2. The molecule has 0 aromatic heterocycles. The highest BCUT2D eigenvalue weighted by atomic mass is 79.9.